The Balaban J connectivity index is 2.08. The predicted molar refractivity (Wildman–Crippen MR) is 62.6 cm³/mol. The molecule has 84 valence electrons. The van der Waals surface area contributed by atoms with Crippen molar-refractivity contribution >= 4 is 0 Å². The second-order valence-corrected chi connectivity index (χ2v) is 4.95. The van der Waals surface area contributed by atoms with Crippen LogP contribution in [0.4, 0.5) is 0 Å². The van der Waals surface area contributed by atoms with Crippen LogP contribution in [0.25, 0.3) is 0 Å². The molecule has 0 aliphatic carbocycles. The quantitative estimate of drug-likeness (QED) is 0.658. The first-order chi connectivity index (χ1) is 6.72. The highest BCUT2D eigenvalue weighted by molar-refractivity contribution is 4.81. The van der Waals surface area contributed by atoms with Gasteiger partial charge in [-0.15, -0.1) is 0 Å². The van der Waals surface area contributed by atoms with Crippen LogP contribution in [-0.4, -0.2) is 37.1 Å². The lowest BCUT2D eigenvalue weighted by atomic mass is 10.2. The molecule has 2 heteroatoms. The van der Waals surface area contributed by atoms with Crippen molar-refractivity contribution in [3.63, 3.8) is 0 Å². The summed E-state index contributed by atoms with van der Waals surface area (Å²) in [6.07, 6.45) is 3.96. The minimum atomic E-state index is 0.764. The van der Waals surface area contributed by atoms with Crippen molar-refractivity contribution in [2.24, 2.45) is 5.92 Å². The second-order valence-electron chi connectivity index (χ2n) is 4.95. The molecule has 0 radical (unpaired) electrons. The third-order valence-corrected chi connectivity index (χ3v) is 2.86. The Labute approximate surface area is 89.1 Å². The first-order valence-corrected chi connectivity index (χ1v) is 6.18. The van der Waals surface area contributed by atoms with Gasteiger partial charge in [0.1, 0.15) is 0 Å². The predicted octanol–water partition coefficient (Wildman–Crippen LogP) is 2.11. The molecule has 1 aliphatic rings. The van der Waals surface area contributed by atoms with Crippen molar-refractivity contribution < 1.29 is 0 Å². The Bertz CT molecular complexity index is 145. The van der Waals surface area contributed by atoms with E-state index in [1.54, 1.807) is 0 Å². The first-order valence-electron chi connectivity index (χ1n) is 6.18. The number of nitrogens with one attached hydrogen (secondary N) is 1. The van der Waals surface area contributed by atoms with Crippen LogP contribution >= 0.6 is 0 Å². The van der Waals surface area contributed by atoms with E-state index >= 15 is 0 Å². The van der Waals surface area contributed by atoms with Crippen LogP contribution in [-0.2, 0) is 0 Å². The summed E-state index contributed by atoms with van der Waals surface area (Å²) in [5.41, 5.74) is 0. The highest BCUT2D eigenvalue weighted by Gasteiger charge is 2.21. The van der Waals surface area contributed by atoms with Crippen LogP contribution in [0.2, 0.25) is 0 Å². The van der Waals surface area contributed by atoms with Gasteiger partial charge < -0.3 is 10.2 Å². The fourth-order valence-corrected chi connectivity index (χ4v) is 2.16. The molecule has 1 N–H and O–H groups in total. The monoisotopic (exact) mass is 198 g/mol. The van der Waals surface area contributed by atoms with Gasteiger partial charge in [0.15, 0.2) is 0 Å². The highest BCUT2D eigenvalue weighted by atomic mass is 15.2. The molecule has 2 nitrogen and oxygen atoms in total. The van der Waals surface area contributed by atoms with Crippen LogP contribution in [0.15, 0.2) is 0 Å². The van der Waals surface area contributed by atoms with E-state index in [2.05, 4.69) is 31.0 Å². The van der Waals surface area contributed by atoms with Gasteiger partial charge in [-0.1, -0.05) is 27.2 Å². The molecule has 1 atom stereocenters. The Morgan fingerprint density at radius 1 is 1.43 bits per heavy atom. The summed E-state index contributed by atoms with van der Waals surface area (Å²) in [6, 6.07) is 0.764. The van der Waals surface area contributed by atoms with E-state index in [0.29, 0.717) is 0 Å². The van der Waals surface area contributed by atoms with Gasteiger partial charge >= 0.3 is 0 Å². The van der Waals surface area contributed by atoms with Crippen LogP contribution < -0.4 is 5.32 Å². The molecular formula is C12H26N2. The molecule has 0 aromatic heterocycles. The summed E-state index contributed by atoms with van der Waals surface area (Å²) in [6.45, 7) is 11.9. The molecule has 1 aliphatic heterocycles. The summed E-state index contributed by atoms with van der Waals surface area (Å²) >= 11 is 0. The van der Waals surface area contributed by atoms with Gasteiger partial charge in [-0.25, -0.2) is 0 Å². The van der Waals surface area contributed by atoms with E-state index < -0.39 is 0 Å². The maximum atomic E-state index is 3.64. The zero-order valence-corrected chi connectivity index (χ0v) is 10.1. The normalized spacial score (nSPS) is 23.6. The number of hydrogen-bond acceptors (Lipinski definition) is 2. The Kier molecular flexibility index (Phi) is 5.49. The zero-order valence-electron chi connectivity index (χ0n) is 10.1. The van der Waals surface area contributed by atoms with Crippen LogP contribution in [0.1, 0.15) is 40.0 Å². The number of hydrogen-bond donors (Lipinski definition) is 1. The Morgan fingerprint density at radius 2 is 2.21 bits per heavy atom. The standard InChI is InChI=1S/C12H26N2/c1-4-5-7-13-12-6-8-14(10-12)9-11(2)3/h11-13H,4-10H2,1-3H3. The maximum Gasteiger partial charge on any atom is 0.0207 e. The van der Waals surface area contributed by atoms with Gasteiger partial charge in [-0.2, -0.15) is 0 Å². The molecule has 1 saturated heterocycles. The van der Waals surface area contributed by atoms with Gasteiger partial charge in [-0.3, -0.25) is 0 Å². The van der Waals surface area contributed by atoms with Crippen molar-refractivity contribution in [1.29, 1.82) is 0 Å². The molecule has 0 aromatic carbocycles. The van der Waals surface area contributed by atoms with Crippen molar-refractivity contribution in [2.75, 3.05) is 26.2 Å². The molecule has 0 spiro atoms. The summed E-state index contributed by atoms with van der Waals surface area (Å²) in [4.78, 5) is 2.59. The van der Waals surface area contributed by atoms with Crippen LogP contribution in [0.5, 0.6) is 0 Å². The third-order valence-electron chi connectivity index (χ3n) is 2.86. The fourth-order valence-electron chi connectivity index (χ4n) is 2.16. The number of nitrogens with zero attached hydrogens (tertiary/aromatic N) is 1. The van der Waals surface area contributed by atoms with Gasteiger partial charge in [0, 0.05) is 19.1 Å². The largest absolute Gasteiger partial charge is 0.313 e. The summed E-state index contributed by atoms with van der Waals surface area (Å²) in [5.74, 6) is 0.810. The molecule has 0 bridgehead atoms. The van der Waals surface area contributed by atoms with E-state index in [9.17, 15) is 0 Å². The second kappa shape index (κ2) is 6.41. The molecule has 0 aromatic rings. The topological polar surface area (TPSA) is 15.3 Å². The van der Waals surface area contributed by atoms with Crippen molar-refractivity contribution in [2.45, 2.75) is 46.1 Å². The minimum Gasteiger partial charge on any atom is -0.313 e. The summed E-state index contributed by atoms with van der Waals surface area (Å²) < 4.78 is 0. The van der Waals surface area contributed by atoms with Gasteiger partial charge in [0.05, 0.1) is 0 Å². The third kappa shape index (κ3) is 4.43. The number of rotatable bonds is 6. The van der Waals surface area contributed by atoms with Gasteiger partial charge in [-0.05, 0) is 31.8 Å². The van der Waals surface area contributed by atoms with E-state index in [1.807, 2.05) is 0 Å². The Hall–Kier alpha value is -0.0800. The lowest BCUT2D eigenvalue weighted by molar-refractivity contribution is 0.290. The van der Waals surface area contributed by atoms with E-state index in [4.69, 9.17) is 0 Å². The molecule has 0 amide bonds. The zero-order chi connectivity index (χ0) is 10.4. The fraction of sp³-hybridized carbons (Fsp3) is 1.00. The maximum absolute atomic E-state index is 3.64. The SMILES string of the molecule is CCCCNC1CCN(CC(C)C)C1. The van der Waals surface area contributed by atoms with Crippen molar-refractivity contribution in [3.05, 3.63) is 0 Å². The van der Waals surface area contributed by atoms with Crippen LogP contribution in [0.3, 0.4) is 0 Å². The van der Waals surface area contributed by atoms with Gasteiger partial charge in [0.2, 0.25) is 0 Å². The van der Waals surface area contributed by atoms with Gasteiger partial charge in [0.25, 0.3) is 0 Å². The van der Waals surface area contributed by atoms with E-state index in [-0.39, 0.29) is 0 Å². The molecule has 1 fully saturated rings. The van der Waals surface area contributed by atoms with Crippen molar-refractivity contribution in [1.82, 2.24) is 10.2 Å². The molecular weight excluding hydrogens is 172 g/mol. The molecule has 0 saturated carbocycles. The smallest absolute Gasteiger partial charge is 0.0207 e. The number of likely N-dealkylation sites (tertiary alicyclic amines) is 1. The van der Waals surface area contributed by atoms with Crippen molar-refractivity contribution in [3.8, 4) is 0 Å². The lowest BCUT2D eigenvalue weighted by Crippen LogP contribution is -2.34. The number of unbranched alkanes of at least 4 members (excludes halogenated alkanes) is 1. The first kappa shape index (κ1) is 12.0. The molecule has 1 rings (SSSR count). The minimum absolute atomic E-state index is 0.764. The summed E-state index contributed by atoms with van der Waals surface area (Å²) in [5, 5.41) is 3.64. The van der Waals surface area contributed by atoms with E-state index in [1.165, 1.54) is 45.4 Å². The summed E-state index contributed by atoms with van der Waals surface area (Å²) in [7, 11) is 0. The molecule has 14 heavy (non-hydrogen) atoms. The van der Waals surface area contributed by atoms with Crippen LogP contribution in [0, 0.1) is 5.92 Å². The highest BCUT2D eigenvalue weighted by Crippen LogP contribution is 2.11. The molecule has 1 unspecified atom stereocenters. The molecule has 1 heterocycles. The Morgan fingerprint density at radius 3 is 2.86 bits per heavy atom. The lowest BCUT2D eigenvalue weighted by Gasteiger charge is -2.18. The van der Waals surface area contributed by atoms with E-state index in [0.717, 1.165) is 12.0 Å². The average Bonchev–Trinajstić information content (AvgIpc) is 2.52. The average molecular weight is 198 g/mol.